The van der Waals surface area contributed by atoms with Crippen molar-refractivity contribution in [3.63, 3.8) is 0 Å². The van der Waals surface area contributed by atoms with Crippen LogP contribution in [0.5, 0.6) is 0 Å². The number of aromatic nitrogens is 1. The van der Waals surface area contributed by atoms with E-state index in [1.54, 1.807) is 0 Å². The maximum Gasteiger partial charge on any atom is 0.226 e. The minimum absolute atomic E-state index is 0.00995. The van der Waals surface area contributed by atoms with Crippen LogP contribution in [-0.2, 0) is 9.59 Å². The summed E-state index contributed by atoms with van der Waals surface area (Å²) in [5, 5.41) is 8.19. The quantitative estimate of drug-likeness (QED) is 0.699. The van der Waals surface area contributed by atoms with Crippen LogP contribution >= 0.6 is 11.3 Å². The Balaban J connectivity index is 1.61. The average Bonchev–Trinajstić information content (AvgIpc) is 3.11. The fourth-order valence-electron chi connectivity index (χ4n) is 3.65. The van der Waals surface area contributed by atoms with Crippen molar-refractivity contribution in [2.24, 2.45) is 11.1 Å². The number of amides is 2. The van der Waals surface area contributed by atoms with Gasteiger partial charge >= 0.3 is 0 Å². The van der Waals surface area contributed by atoms with E-state index in [-0.39, 0.29) is 17.2 Å². The van der Waals surface area contributed by atoms with E-state index in [9.17, 15) is 9.59 Å². The van der Waals surface area contributed by atoms with Crippen molar-refractivity contribution in [1.82, 2.24) is 4.98 Å². The van der Waals surface area contributed by atoms with Gasteiger partial charge in [0.25, 0.3) is 0 Å². The van der Waals surface area contributed by atoms with Crippen LogP contribution < -0.4 is 16.4 Å². The third kappa shape index (κ3) is 5.14. The molecular formula is C20H26N4O2S. The Bertz CT molecular complexity index is 795. The molecule has 1 saturated carbocycles. The number of thiazole rings is 1. The largest absolute Gasteiger partial charge is 0.330 e. The Kier molecular flexibility index (Phi) is 6.23. The zero-order chi connectivity index (χ0) is 19.3. The first-order valence-electron chi connectivity index (χ1n) is 9.33. The van der Waals surface area contributed by atoms with Gasteiger partial charge in [-0.1, -0.05) is 31.4 Å². The Morgan fingerprint density at radius 3 is 2.48 bits per heavy atom. The highest BCUT2D eigenvalue weighted by atomic mass is 32.1. The van der Waals surface area contributed by atoms with E-state index in [1.165, 1.54) is 24.7 Å². The molecule has 6 nitrogen and oxygen atoms in total. The number of nitrogens with one attached hydrogen (secondary N) is 2. The van der Waals surface area contributed by atoms with Crippen LogP contribution in [0, 0.1) is 5.41 Å². The SMILES string of the molecule is CC(=O)Nc1ccc(-c2csc(NC(=O)CC3(CN)CCCCC3)n2)cc1. The second kappa shape index (κ2) is 8.63. The number of nitrogens with zero attached hydrogens (tertiary/aromatic N) is 1. The summed E-state index contributed by atoms with van der Waals surface area (Å²) in [5.41, 5.74) is 8.41. The summed E-state index contributed by atoms with van der Waals surface area (Å²) in [6.45, 7) is 2.04. The lowest BCUT2D eigenvalue weighted by atomic mass is 9.72. The van der Waals surface area contributed by atoms with Gasteiger partial charge in [-0.05, 0) is 36.9 Å². The van der Waals surface area contributed by atoms with Gasteiger partial charge in [0.05, 0.1) is 5.69 Å². The van der Waals surface area contributed by atoms with E-state index in [2.05, 4.69) is 15.6 Å². The van der Waals surface area contributed by atoms with E-state index in [4.69, 9.17) is 5.73 Å². The maximum atomic E-state index is 12.5. The van der Waals surface area contributed by atoms with E-state index < -0.39 is 0 Å². The van der Waals surface area contributed by atoms with E-state index in [0.717, 1.165) is 42.6 Å². The van der Waals surface area contributed by atoms with E-state index >= 15 is 0 Å². The molecule has 2 aromatic rings. The molecule has 144 valence electrons. The molecule has 7 heteroatoms. The molecular weight excluding hydrogens is 360 g/mol. The van der Waals surface area contributed by atoms with Crippen molar-refractivity contribution in [3.8, 4) is 11.3 Å². The number of rotatable bonds is 6. The molecule has 3 rings (SSSR count). The number of carbonyl (C=O) groups is 2. The number of hydrogen-bond acceptors (Lipinski definition) is 5. The van der Waals surface area contributed by atoms with Gasteiger partial charge in [-0.25, -0.2) is 4.98 Å². The lowest BCUT2D eigenvalue weighted by Gasteiger charge is -2.35. The summed E-state index contributed by atoms with van der Waals surface area (Å²) in [4.78, 5) is 28.1. The van der Waals surface area contributed by atoms with Crippen LogP contribution in [0.25, 0.3) is 11.3 Å². The number of nitrogens with two attached hydrogens (primary N) is 1. The topological polar surface area (TPSA) is 97.1 Å². The number of anilines is 2. The van der Waals surface area contributed by atoms with Crippen LogP contribution in [0.1, 0.15) is 45.4 Å². The van der Waals surface area contributed by atoms with E-state index in [1.807, 2.05) is 29.6 Å². The van der Waals surface area contributed by atoms with Crippen LogP contribution in [0.2, 0.25) is 0 Å². The van der Waals surface area contributed by atoms with Crippen molar-refractivity contribution in [2.45, 2.75) is 45.4 Å². The van der Waals surface area contributed by atoms with Crippen LogP contribution in [0.4, 0.5) is 10.8 Å². The Morgan fingerprint density at radius 2 is 1.85 bits per heavy atom. The molecule has 0 radical (unpaired) electrons. The van der Waals surface area contributed by atoms with Gasteiger partial charge in [-0.3, -0.25) is 9.59 Å². The molecule has 0 saturated heterocycles. The molecule has 1 aliphatic rings. The van der Waals surface area contributed by atoms with E-state index in [0.29, 0.717) is 18.1 Å². The summed E-state index contributed by atoms with van der Waals surface area (Å²) < 4.78 is 0. The minimum atomic E-state index is -0.102. The second-order valence-electron chi connectivity index (χ2n) is 7.29. The smallest absolute Gasteiger partial charge is 0.226 e. The molecule has 1 fully saturated rings. The molecule has 1 aliphatic carbocycles. The zero-order valence-corrected chi connectivity index (χ0v) is 16.4. The molecule has 0 bridgehead atoms. The molecule has 0 spiro atoms. The monoisotopic (exact) mass is 386 g/mol. The van der Waals surface area contributed by atoms with Crippen molar-refractivity contribution in [2.75, 3.05) is 17.2 Å². The van der Waals surface area contributed by atoms with Crippen LogP contribution in [0.3, 0.4) is 0 Å². The summed E-state index contributed by atoms with van der Waals surface area (Å²) in [6, 6.07) is 7.47. The van der Waals surface area contributed by atoms with Gasteiger partial charge in [0.2, 0.25) is 11.8 Å². The van der Waals surface area contributed by atoms with Crippen molar-refractivity contribution in [1.29, 1.82) is 0 Å². The second-order valence-corrected chi connectivity index (χ2v) is 8.14. The third-order valence-electron chi connectivity index (χ3n) is 5.13. The average molecular weight is 387 g/mol. The standard InChI is InChI=1S/C20H26N4O2S/c1-14(25)22-16-7-5-15(6-8-16)17-12-27-19(23-17)24-18(26)11-20(13-21)9-3-2-4-10-20/h5-8,12H,2-4,9-11,13,21H2,1H3,(H,22,25)(H,23,24,26). The molecule has 1 aromatic carbocycles. The first kappa shape index (κ1) is 19.5. The maximum absolute atomic E-state index is 12.5. The fourth-order valence-corrected chi connectivity index (χ4v) is 4.39. The van der Waals surface area contributed by atoms with Crippen molar-refractivity contribution >= 4 is 34.0 Å². The predicted octanol–water partition coefficient (Wildman–Crippen LogP) is 4.01. The van der Waals surface area contributed by atoms with Crippen LogP contribution in [0.15, 0.2) is 29.6 Å². The Hall–Kier alpha value is -2.25. The van der Waals surface area contributed by atoms with Gasteiger partial charge in [0.15, 0.2) is 5.13 Å². The Labute approximate surface area is 163 Å². The van der Waals surface area contributed by atoms with Gasteiger partial charge < -0.3 is 16.4 Å². The molecule has 27 heavy (non-hydrogen) atoms. The number of carbonyl (C=O) groups excluding carboxylic acids is 2. The first-order valence-corrected chi connectivity index (χ1v) is 10.2. The summed E-state index contributed by atoms with van der Waals surface area (Å²) in [5.74, 6) is -0.112. The summed E-state index contributed by atoms with van der Waals surface area (Å²) >= 11 is 1.41. The molecule has 0 aliphatic heterocycles. The molecule has 0 atom stereocenters. The zero-order valence-electron chi connectivity index (χ0n) is 15.6. The van der Waals surface area contributed by atoms with Gasteiger partial charge in [-0.2, -0.15) is 0 Å². The minimum Gasteiger partial charge on any atom is -0.330 e. The Morgan fingerprint density at radius 1 is 1.15 bits per heavy atom. The predicted molar refractivity (Wildman–Crippen MR) is 110 cm³/mol. The molecule has 2 amide bonds. The normalized spacial score (nSPS) is 15.9. The van der Waals surface area contributed by atoms with Gasteiger partial charge in [0, 0.05) is 30.0 Å². The van der Waals surface area contributed by atoms with Gasteiger partial charge in [-0.15, -0.1) is 11.3 Å². The highest BCUT2D eigenvalue weighted by Gasteiger charge is 2.33. The number of hydrogen-bond donors (Lipinski definition) is 3. The summed E-state index contributed by atoms with van der Waals surface area (Å²) in [6.07, 6.45) is 6.06. The van der Waals surface area contributed by atoms with Gasteiger partial charge in [0.1, 0.15) is 0 Å². The summed E-state index contributed by atoms with van der Waals surface area (Å²) in [7, 11) is 0. The van der Waals surface area contributed by atoms with Crippen molar-refractivity contribution < 1.29 is 9.59 Å². The first-order chi connectivity index (χ1) is 13.0. The van der Waals surface area contributed by atoms with Crippen LogP contribution in [-0.4, -0.2) is 23.3 Å². The lowest BCUT2D eigenvalue weighted by Crippen LogP contribution is -2.36. The molecule has 1 aromatic heterocycles. The molecule has 4 N–H and O–H groups in total. The third-order valence-corrected chi connectivity index (χ3v) is 5.89. The number of benzene rings is 1. The molecule has 1 heterocycles. The fraction of sp³-hybridized carbons (Fsp3) is 0.450. The lowest BCUT2D eigenvalue weighted by molar-refractivity contribution is -0.119. The molecule has 0 unspecified atom stereocenters. The highest BCUT2D eigenvalue weighted by Crippen LogP contribution is 2.38. The van der Waals surface area contributed by atoms with Crippen molar-refractivity contribution in [3.05, 3.63) is 29.6 Å². The highest BCUT2D eigenvalue weighted by molar-refractivity contribution is 7.14.